The minimum absolute atomic E-state index is 0.216. The van der Waals surface area contributed by atoms with Gasteiger partial charge in [-0.25, -0.2) is 8.42 Å². The van der Waals surface area contributed by atoms with E-state index in [0.717, 1.165) is 8.66 Å². The van der Waals surface area contributed by atoms with Gasteiger partial charge in [0.1, 0.15) is 0 Å². The van der Waals surface area contributed by atoms with Gasteiger partial charge >= 0.3 is 0 Å². The Morgan fingerprint density at radius 3 is 2.32 bits per heavy atom. The van der Waals surface area contributed by atoms with Crippen LogP contribution in [0.25, 0.3) is 6.08 Å². The Morgan fingerprint density at radius 2 is 1.80 bits per heavy atom. The summed E-state index contributed by atoms with van der Waals surface area (Å²) in [5.41, 5.74) is 0.542. The maximum Gasteiger partial charge on any atom is 0.248 e. The number of carbonyl (C=O) groups is 1. The molecule has 1 heterocycles. The molecule has 1 N–H and O–H groups in total. The lowest BCUT2D eigenvalue weighted by Gasteiger charge is -2.18. The van der Waals surface area contributed by atoms with Crippen LogP contribution in [0.15, 0.2) is 51.2 Å². The maximum atomic E-state index is 12.4. The van der Waals surface area contributed by atoms with Crippen molar-refractivity contribution in [3.8, 4) is 0 Å². The van der Waals surface area contributed by atoms with E-state index < -0.39 is 10.0 Å². The average Bonchev–Trinajstić information content (AvgIpc) is 3.00. The Balaban J connectivity index is 2.05. The smallest absolute Gasteiger partial charge is 0.248 e. The molecule has 0 fully saturated rings. The van der Waals surface area contributed by atoms with Crippen molar-refractivity contribution in [2.24, 2.45) is 0 Å². The second kappa shape index (κ2) is 8.75. The number of nitrogens with zero attached hydrogens (tertiary/aromatic N) is 1. The van der Waals surface area contributed by atoms with E-state index in [1.54, 1.807) is 32.1 Å². The number of nitrogens with one attached hydrogen (secondary N) is 1. The molecule has 0 bridgehead atoms. The first kappa shape index (κ1) is 19.8. The monoisotopic (exact) mass is 442 g/mol. The van der Waals surface area contributed by atoms with Crippen molar-refractivity contribution in [1.82, 2.24) is 4.31 Å². The zero-order valence-corrected chi connectivity index (χ0v) is 17.1. The first-order chi connectivity index (χ1) is 11.9. The molecule has 0 atom stereocenters. The van der Waals surface area contributed by atoms with Crippen LogP contribution >= 0.6 is 27.3 Å². The predicted molar refractivity (Wildman–Crippen MR) is 106 cm³/mol. The third-order valence-electron chi connectivity index (χ3n) is 3.46. The van der Waals surface area contributed by atoms with Gasteiger partial charge in [0.25, 0.3) is 0 Å². The van der Waals surface area contributed by atoms with Crippen LogP contribution < -0.4 is 5.32 Å². The molecule has 0 aliphatic rings. The van der Waals surface area contributed by atoms with Crippen LogP contribution in [0.4, 0.5) is 5.69 Å². The number of hydrogen-bond acceptors (Lipinski definition) is 4. The molecule has 0 spiro atoms. The van der Waals surface area contributed by atoms with E-state index in [1.807, 2.05) is 12.1 Å². The molecule has 2 rings (SSSR count). The van der Waals surface area contributed by atoms with Gasteiger partial charge < -0.3 is 5.32 Å². The largest absolute Gasteiger partial charge is 0.323 e. The Hall–Kier alpha value is -1.48. The van der Waals surface area contributed by atoms with Gasteiger partial charge in [0.15, 0.2) is 0 Å². The van der Waals surface area contributed by atoms with Crippen LogP contribution in [0.5, 0.6) is 0 Å². The molecule has 0 saturated heterocycles. The van der Waals surface area contributed by atoms with E-state index >= 15 is 0 Å². The van der Waals surface area contributed by atoms with Gasteiger partial charge in [-0.3, -0.25) is 4.79 Å². The highest BCUT2D eigenvalue weighted by Crippen LogP contribution is 2.23. The van der Waals surface area contributed by atoms with Crippen LogP contribution in [-0.2, 0) is 14.8 Å². The molecule has 1 amide bonds. The molecule has 0 saturated carbocycles. The number of benzene rings is 1. The number of hydrogen-bond donors (Lipinski definition) is 1. The molecular weight excluding hydrogens is 424 g/mol. The van der Waals surface area contributed by atoms with E-state index in [4.69, 9.17) is 0 Å². The van der Waals surface area contributed by atoms with Gasteiger partial charge in [-0.05, 0) is 58.4 Å². The van der Waals surface area contributed by atoms with Gasteiger partial charge in [-0.1, -0.05) is 13.8 Å². The summed E-state index contributed by atoms with van der Waals surface area (Å²) >= 11 is 4.89. The Bertz CT molecular complexity index is 854. The number of amides is 1. The highest BCUT2D eigenvalue weighted by molar-refractivity contribution is 9.11. The predicted octanol–water partition coefficient (Wildman–Crippen LogP) is 4.19. The lowest BCUT2D eigenvalue weighted by Crippen LogP contribution is -2.30. The second-order valence-electron chi connectivity index (χ2n) is 5.08. The van der Waals surface area contributed by atoms with Crippen LogP contribution in [-0.4, -0.2) is 31.7 Å². The highest BCUT2D eigenvalue weighted by atomic mass is 79.9. The van der Waals surface area contributed by atoms with Crippen LogP contribution in [0.1, 0.15) is 18.7 Å². The number of thiophene rings is 1. The molecule has 1 aromatic carbocycles. The summed E-state index contributed by atoms with van der Waals surface area (Å²) < 4.78 is 27.2. The van der Waals surface area contributed by atoms with Gasteiger partial charge in [-0.15, -0.1) is 11.3 Å². The van der Waals surface area contributed by atoms with Crippen molar-refractivity contribution in [3.05, 3.63) is 51.1 Å². The third kappa shape index (κ3) is 5.24. The average molecular weight is 443 g/mol. The zero-order chi connectivity index (χ0) is 18.4. The number of anilines is 1. The first-order valence-electron chi connectivity index (χ1n) is 7.71. The van der Waals surface area contributed by atoms with Crippen LogP contribution in [0.2, 0.25) is 0 Å². The summed E-state index contributed by atoms with van der Waals surface area (Å²) in [5, 5.41) is 2.71. The number of rotatable bonds is 7. The van der Waals surface area contributed by atoms with E-state index in [0.29, 0.717) is 18.8 Å². The molecule has 2 aromatic rings. The SMILES string of the molecule is CCN(CC)S(=O)(=O)c1ccc(NC(=O)/C=C/c2ccc(Br)s2)cc1. The van der Waals surface area contributed by atoms with Crippen molar-refractivity contribution in [1.29, 1.82) is 0 Å². The molecule has 0 aliphatic carbocycles. The molecule has 5 nitrogen and oxygen atoms in total. The maximum absolute atomic E-state index is 12.4. The third-order valence-corrected chi connectivity index (χ3v) is 7.11. The quantitative estimate of drug-likeness (QED) is 0.653. The van der Waals surface area contributed by atoms with Gasteiger partial charge in [0, 0.05) is 29.7 Å². The van der Waals surface area contributed by atoms with Crippen LogP contribution in [0.3, 0.4) is 0 Å². The van der Waals surface area contributed by atoms with Gasteiger partial charge in [0.05, 0.1) is 8.68 Å². The Labute approximate surface area is 160 Å². The van der Waals surface area contributed by atoms with E-state index in [9.17, 15) is 13.2 Å². The summed E-state index contributed by atoms with van der Waals surface area (Å²) in [7, 11) is -3.49. The summed E-state index contributed by atoms with van der Waals surface area (Å²) in [6, 6.07) is 10.0. The number of carbonyl (C=O) groups excluding carboxylic acids is 1. The summed E-state index contributed by atoms with van der Waals surface area (Å²) in [5.74, 6) is -0.274. The fourth-order valence-electron chi connectivity index (χ4n) is 2.18. The van der Waals surface area contributed by atoms with Gasteiger partial charge in [-0.2, -0.15) is 4.31 Å². The molecule has 0 unspecified atom stereocenters. The molecule has 0 radical (unpaired) electrons. The molecule has 8 heteroatoms. The van der Waals surface area contributed by atoms with Gasteiger partial charge in [0.2, 0.25) is 15.9 Å². The molecule has 0 aliphatic heterocycles. The molecule has 134 valence electrons. The topological polar surface area (TPSA) is 66.5 Å². The summed E-state index contributed by atoms with van der Waals surface area (Å²) in [4.78, 5) is 13.1. The van der Waals surface area contributed by atoms with Crippen molar-refractivity contribution in [2.75, 3.05) is 18.4 Å². The van der Waals surface area contributed by atoms with Crippen molar-refractivity contribution in [3.63, 3.8) is 0 Å². The fourth-order valence-corrected chi connectivity index (χ4v) is 4.97. The standard InChI is InChI=1S/C17H19BrN2O3S2/c1-3-20(4-2)25(22,23)15-9-5-13(6-10-15)19-17(21)12-8-14-7-11-16(18)24-14/h5-12H,3-4H2,1-2H3,(H,19,21)/b12-8+. The number of halogens is 1. The normalized spacial score (nSPS) is 12.0. The second-order valence-corrected chi connectivity index (χ2v) is 9.51. The molecular formula is C17H19BrN2O3S2. The van der Waals surface area contributed by atoms with Crippen molar-refractivity contribution < 1.29 is 13.2 Å². The van der Waals surface area contributed by atoms with Crippen molar-refractivity contribution >= 4 is 55.0 Å². The minimum Gasteiger partial charge on any atom is -0.323 e. The first-order valence-corrected chi connectivity index (χ1v) is 10.8. The number of sulfonamides is 1. The van der Waals surface area contributed by atoms with Crippen LogP contribution in [0, 0.1) is 0 Å². The lowest BCUT2D eigenvalue weighted by molar-refractivity contribution is -0.111. The van der Waals surface area contributed by atoms with E-state index in [2.05, 4.69) is 21.2 Å². The van der Waals surface area contributed by atoms with E-state index in [1.165, 1.54) is 33.9 Å². The Kier molecular flexibility index (Phi) is 6.95. The van der Waals surface area contributed by atoms with Crippen molar-refractivity contribution in [2.45, 2.75) is 18.7 Å². The molecule has 1 aromatic heterocycles. The lowest BCUT2D eigenvalue weighted by atomic mass is 10.3. The zero-order valence-electron chi connectivity index (χ0n) is 13.9. The minimum atomic E-state index is -3.49. The summed E-state index contributed by atoms with van der Waals surface area (Å²) in [6.45, 7) is 4.43. The fraction of sp³-hybridized carbons (Fsp3) is 0.235. The Morgan fingerprint density at radius 1 is 1.16 bits per heavy atom. The van der Waals surface area contributed by atoms with E-state index in [-0.39, 0.29) is 10.8 Å². The highest BCUT2D eigenvalue weighted by Gasteiger charge is 2.21. The molecule has 25 heavy (non-hydrogen) atoms. The summed E-state index contributed by atoms with van der Waals surface area (Å²) in [6.07, 6.45) is 3.17.